The van der Waals surface area contributed by atoms with Crippen molar-refractivity contribution >= 4 is 29.1 Å². The van der Waals surface area contributed by atoms with Crippen molar-refractivity contribution in [2.45, 2.75) is 45.6 Å². The van der Waals surface area contributed by atoms with Crippen LogP contribution in [-0.4, -0.2) is 29.7 Å². The van der Waals surface area contributed by atoms with E-state index in [0.29, 0.717) is 0 Å². The highest BCUT2D eigenvalue weighted by molar-refractivity contribution is 14.1. The summed E-state index contributed by atoms with van der Waals surface area (Å²) in [6.07, 6.45) is 5.05. The van der Waals surface area contributed by atoms with Crippen LogP contribution in [0.15, 0.2) is 11.8 Å². The van der Waals surface area contributed by atoms with E-state index in [-0.39, 0.29) is 11.5 Å². The van der Waals surface area contributed by atoms with Crippen molar-refractivity contribution in [3.63, 3.8) is 0 Å². The van der Waals surface area contributed by atoms with Crippen LogP contribution in [0.25, 0.3) is 0 Å². The minimum Gasteiger partial charge on any atom is -0.444 e. The van der Waals surface area contributed by atoms with Gasteiger partial charge in [0.2, 0.25) is 0 Å². The Morgan fingerprint density at radius 3 is 2.56 bits per heavy atom. The van der Waals surface area contributed by atoms with Crippen molar-refractivity contribution in [1.29, 1.82) is 0 Å². The first-order valence-electron chi connectivity index (χ1n) is 6.29. The molecule has 0 radical (unpaired) electrons. The van der Waals surface area contributed by atoms with E-state index in [1.165, 1.54) is 0 Å². The van der Waals surface area contributed by atoms with Gasteiger partial charge in [0, 0.05) is 24.9 Å². The molecule has 5 heteroatoms. The van der Waals surface area contributed by atoms with Crippen molar-refractivity contribution in [3.05, 3.63) is 11.8 Å². The average Bonchev–Trinajstić information content (AvgIpc) is 2.23. The van der Waals surface area contributed by atoms with Crippen LogP contribution in [-0.2, 0) is 7.80 Å². The number of allylic oxidation sites excluding steroid dienone is 2. The van der Waals surface area contributed by atoms with Gasteiger partial charge in [0.05, 0.1) is 0 Å². The standard InChI is InChI=1S/C13H20INO3/c1-12(2,3)17-11(16)15-8-13(9-15)6-4-10(18-14)5-7-13/h4H,5-9H2,1-3H3. The van der Waals surface area contributed by atoms with Crippen molar-refractivity contribution in [2.75, 3.05) is 13.1 Å². The van der Waals surface area contributed by atoms with Crippen molar-refractivity contribution in [3.8, 4) is 0 Å². The Kier molecular flexibility index (Phi) is 3.80. The number of carbonyl (C=O) groups is 1. The fourth-order valence-corrected chi connectivity index (χ4v) is 2.90. The summed E-state index contributed by atoms with van der Waals surface area (Å²) >= 11 is 1.93. The third kappa shape index (κ3) is 3.10. The van der Waals surface area contributed by atoms with E-state index in [2.05, 4.69) is 6.08 Å². The molecule has 0 saturated carbocycles. The first kappa shape index (κ1) is 14.0. The van der Waals surface area contributed by atoms with Gasteiger partial charge in [-0.25, -0.2) is 4.79 Å². The molecule has 4 nitrogen and oxygen atoms in total. The summed E-state index contributed by atoms with van der Waals surface area (Å²) < 4.78 is 10.6. The Morgan fingerprint density at radius 1 is 1.44 bits per heavy atom. The van der Waals surface area contributed by atoms with Crippen LogP contribution in [0.5, 0.6) is 0 Å². The van der Waals surface area contributed by atoms with Crippen molar-refractivity contribution < 1.29 is 12.6 Å². The molecule has 1 saturated heterocycles. The van der Waals surface area contributed by atoms with Crippen molar-refractivity contribution in [1.82, 2.24) is 4.90 Å². The Bertz CT molecular complexity index is 367. The smallest absolute Gasteiger partial charge is 0.410 e. The number of ether oxygens (including phenoxy) is 1. The fourth-order valence-electron chi connectivity index (χ4n) is 2.50. The van der Waals surface area contributed by atoms with E-state index in [1.807, 2.05) is 43.8 Å². The van der Waals surface area contributed by atoms with Gasteiger partial charge >= 0.3 is 6.09 Å². The van der Waals surface area contributed by atoms with E-state index >= 15 is 0 Å². The number of rotatable bonds is 1. The summed E-state index contributed by atoms with van der Waals surface area (Å²) in [7, 11) is 0. The molecule has 1 fully saturated rings. The van der Waals surface area contributed by atoms with Crippen molar-refractivity contribution in [2.24, 2.45) is 5.41 Å². The molecule has 0 aromatic rings. The second kappa shape index (κ2) is 4.90. The Hall–Kier alpha value is -0.460. The van der Waals surface area contributed by atoms with Gasteiger partial charge in [0.25, 0.3) is 0 Å². The van der Waals surface area contributed by atoms with Crippen LogP contribution in [0.3, 0.4) is 0 Å². The highest BCUT2D eigenvalue weighted by atomic mass is 127. The maximum Gasteiger partial charge on any atom is 0.410 e. The molecule has 0 aromatic heterocycles. The van der Waals surface area contributed by atoms with Gasteiger partial charge in [-0.3, -0.25) is 0 Å². The minimum absolute atomic E-state index is 0.187. The van der Waals surface area contributed by atoms with Gasteiger partial charge in [-0.15, -0.1) is 0 Å². The van der Waals surface area contributed by atoms with Crippen LogP contribution in [0.1, 0.15) is 40.0 Å². The number of halogens is 1. The molecule has 1 aliphatic carbocycles. The topological polar surface area (TPSA) is 38.8 Å². The van der Waals surface area contributed by atoms with Crippen LogP contribution in [0.4, 0.5) is 4.79 Å². The number of nitrogens with zero attached hydrogens (tertiary/aromatic N) is 1. The summed E-state index contributed by atoms with van der Waals surface area (Å²) in [6, 6.07) is 0. The Balaban J connectivity index is 1.84. The van der Waals surface area contributed by atoms with Gasteiger partial charge < -0.3 is 12.7 Å². The molecule has 2 aliphatic rings. The largest absolute Gasteiger partial charge is 0.444 e. The summed E-state index contributed by atoms with van der Waals surface area (Å²) in [5, 5.41) is 0. The third-order valence-electron chi connectivity index (χ3n) is 3.47. The molecule has 102 valence electrons. The highest BCUT2D eigenvalue weighted by Crippen LogP contribution is 2.43. The molecule has 0 aromatic carbocycles. The predicted molar refractivity (Wildman–Crippen MR) is 77.3 cm³/mol. The average molecular weight is 365 g/mol. The monoisotopic (exact) mass is 365 g/mol. The van der Waals surface area contributed by atoms with Crippen LogP contribution in [0.2, 0.25) is 0 Å². The van der Waals surface area contributed by atoms with Crippen LogP contribution in [0, 0.1) is 5.41 Å². The lowest BCUT2D eigenvalue weighted by Gasteiger charge is -2.51. The third-order valence-corrected chi connectivity index (χ3v) is 4.03. The first-order chi connectivity index (χ1) is 8.34. The first-order valence-corrected chi connectivity index (χ1v) is 7.17. The summed E-state index contributed by atoms with van der Waals surface area (Å²) in [5.74, 6) is 1.07. The SMILES string of the molecule is CC(C)(C)OC(=O)N1CC2(CC=C(OI)CC2)C1. The summed E-state index contributed by atoms with van der Waals surface area (Å²) in [6.45, 7) is 7.31. The van der Waals surface area contributed by atoms with Gasteiger partial charge in [0.1, 0.15) is 11.4 Å². The van der Waals surface area contributed by atoms with E-state index in [0.717, 1.165) is 38.1 Å². The molecule has 0 N–H and O–H groups in total. The lowest BCUT2D eigenvalue weighted by molar-refractivity contribution is -0.0391. The highest BCUT2D eigenvalue weighted by Gasteiger charge is 2.46. The number of carbonyl (C=O) groups excluding carboxylic acids is 1. The fraction of sp³-hybridized carbons (Fsp3) is 0.769. The zero-order valence-corrected chi connectivity index (χ0v) is 13.3. The van der Waals surface area contributed by atoms with Crippen LogP contribution >= 0.6 is 23.0 Å². The van der Waals surface area contributed by atoms with E-state index in [1.54, 1.807) is 4.90 Å². The van der Waals surface area contributed by atoms with Crippen LogP contribution < -0.4 is 0 Å². The Labute approximate surface area is 122 Å². The lowest BCUT2D eigenvalue weighted by Crippen LogP contribution is -2.59. The molecule has 0 atom stereocenters. The number of amides is 1. The van der Waals surface area contributed by atoms with Gasteiger partial charge in [-0.1, -0.05) is 0 Å². The number of hydrogen-bond acceptors (Lipinski definition) is 3. The molecule has 0 bridgehead atoms. The molecule has 1 aliphatic heterocycles. The molecule has 1 amide bonds. The molecule has 1 heterocycles. The minimum atomic E-state index is -0.408. The summed E-state index contributed by atoms with van der Waals surface area (Å²) in [4.78, 5) is 13.7. The number of hydrogen-bond donors (Lipinski definition) is 0. The van der Waals surface area contributed by atoms with E-state index in [9.17, 15) is 4.79 Å². The van der Waals surface area contributed by atoms with Gasteiger partial charge in [-0.05, 0) is 39.7 Å². The molecule has 1 spiro atoms. The quantitative estimate of drug-likeness (QED) is 0.666. The zero-order chi connectivity index (χ0) is 13.4. The number of likely N-dealkylation sites (tertiary alicyclic amines) is 1. The second-order valence-corrected chi connectivity index (χ2v) is 6.73. The lowest BCUT2D eigenvalue weighted by atomic mass is 9.71. The van der Waals surface area contributed by atoms with Gasteiger partial charge in [-0.2, -0.15) is 0 Å². The predicted octanol–water partition coefficient (Wildman–Crippen LogP) is 3.66. The van der Waals surface area contributed by atoms with Gasteiger partial charge in [0.15, 0.2) is 23.0 Å². The normalized spacial score (nSPS) is 22.2. The van der Waals surface area contributed by atoms with E-state index in [4.69, 9.17) is 7.80 Å². The summed E-state index contributed by atoms with van der Waals surface area (Å²) in [5.41, 5.74) is -0.135. The maximum absolute atomic E-state index is 11.8. The molecular weight excluding hydrogens is 345 g/mol. The molecular formula is C13H20INO3. The molecule has 18 heavy (non-hydrogen) atoms. The molecule has 0 unspecified atom stereocenters. The van der Waals surface area contributed by atoms with E-state index < -0.39 is 5.60 Å². The zero-order valence-electron chi connectivity index (χ0n) is 11.2. The Morgan fingerprint density at radius 2 is 2.11 bits per heavy atom. The molecule has 2 rings (SSSR count). The maximum atomic E-state index is 11.8. The second-order valence-electron chi connectivity index (χ2n) is 6.29.